The third-order valence-electron chi connectivity index (χ3n) is 5.35. The fourth-order valence-corrected chi connectivity index (χ4v) is 5.59. The monoisotopic (exact) mass is 443 g/mol. The van der Waals surface area contributed by atoms with E-state index in [9.17, 15) is 10.1 Å². The highest BCUT2D eigenvalue weighted by molar-refractivity contribution is 8.03. The zero-order valence-corrected chi connectivity index (χ0v) is 18.2. The Morgan fingerprint density at radius 3 is 2.48 bits per heavy atom. The molecule has 1 amide bonds. The van der Waals surface area contributed by atoms with Crippen LogP contribution in [0.15, 0.2) is 53.1 Å². The van der Waals surface area contributed by atoms with Gasteiger partial charge in [-0.2, -0.15) is 5.26 Å². The largest absolute Gasteiger partial charge is 0.344 e. The number of amides is 1. The van der Waals surface area contributed by atoms with Crippen molar-refractivity contribution in [2.75, 3.05) is 17.4 Å². The predicted molar refractivity (Wildman–Crippen MR) is 119 cm³/mol. The Kier molecular flexibility index (Phi) is 5.78. The Morgan fingerprint density at radius 1 is 1.17 bits per heavy atom. The maximum absolute atomic E-state index is 13.0. The van der Waals surface area contributed by atoms with E-state index in [0.29, 0.717) is 38.8 Å². The molecule has 1 saturated heterocycles. The molecule has 1 fully saturated rings. The molecule has 0 saturated carbocycles. The molecule has 2 aromatic rings. The van der Waals surface area contributed by atoms with Crippen molar-refractivity contribution in [3.05, 3.63) is 74.2 Å². The topological polar surface area (TPSA) is 47.3 Å². The Hall–Kier alpha value is -2.13. The van der Waals surface area contributed by atoms with Gasteiger partial charge in [0.2, 0.25) is 5.91 Å². The molecule has 148 valence electrons. The van der Waals surface area contributed by atoms with Crippen molar-refractivity contribution in [2.45, 2.75) is 25.7 Å². The summed E-state index contributed by atoms with van der Waals surface area (Å²) < 4.78 is 0. The highest BCUT2D eigenvalue weighted by atomic mass is 35.5. The number of benzene rings is 2. The van der Waals surface area contributed by atoms with Gasteiger partial charge in [0.25, 0.3) is 0 Å². The number of nitrogens with zero attached hydrogens (tertiary/aromatic N) is 3. The number of allylic oxidation sites excluding steroid dienone is 1. The first kappa shape index (κ1) is 20.2. The molecule has 1 unspecified atom stereocenters. The van der Waals surface area contributed by atoms with Crippen LogP contribution in [0.25, 0.3) is 0 Å². The van der Waals surface area contributed by atoms with Crippen LogP contribution in [0.3, 0.4) is 0 Å². The number of anilines is 1. The van der Waals surface area contributed by atoms with E-state index < -0.39 is 5.92 Å². The van der Waals surface area contributed by atoms with Gasteiger partial charge < -0.3 is 4.90 Å². The summed E-state index contributed by atoms with van der Waals surface area (Å²) in [4.78, 5) is 16.9. The molecular weight excluding hydrogens is 425 g/mol. The highest BCUT2D eigenvalue weighted by Crippen LogP contribution is 2.46. The number of aryl methyl sites for hydroxylation is 1. The van der Waals surface area contributed by atoms with E-state index in [1.54, 1.807) is 23.1 Å². The van der Waals surface area contributed by atoms with E-state index in [1.807, 2.05) is 0 Å². The molecule has 2 aliphatic rings. The van der Waals surface area contributed by atoms with Gasteiger partial charge in [-0.3, -0.25) is 9.69 Å². The first-order valence-electron chi connectivity index (χ1n) is 9.38. The fraction of sp³-hybridized carbons (Fsp3) is 0.273. The molecule has 2 aromatic carbocycles. The van der Waals surface area contributed by atoms with Crippen molar-refractivity contribution >= 4 is 46.6 Å². The van der Waals surface area contributed by atoms with Gasteiger partial charge >= 0.3 is 0 Å². The minimum atomic E-state index is -0.414. The smallest absolute Gasteiger partial charge is 0.229 e. The molecule has 0 spiro atoms. The molecule has 4 nitrogen and oxygen atoms in total. The average molecular weight is 444 g/mol. The number of carbonyl (C=O) groups excluding carboxylic acids is 1. The molecule has 29 heavy (non-hydrogen) atoms. The lowest BCUT2D eigenvalue weighted by Crippen LogP contribution is -2.47. The van der Waals surface area contributed by atoms with Gasteiger partial charge in [0.15, 0.2) is 0 Å². The quantitative estimate of drug-likeness (QED) is 0.603. The van der Waals surface area contributed by atoms with Crippen LogP contribution in [0, 0.1) is 11.3 Å². The van der Waals surface area contributed by atoms with Crippen molar-refractivity contribution in [1.29, 1.82) is 5.26 Å². The van der Waals surface area contributed by atoms with Crippen LogP contribution in [0.5, 0.6) is 0 Å². The Balaban J connectivity index is 1.67. The molecule has 0 aliphatic carbocycles. The zero-order chi connectivity index (χ0) is 20.5. The van der Waals surface area contributed by atoms with E-state index in [4.69, 9.17) is 23.2 Å². The maximum atomic E-state index is 13.0. The second kappa shape index (κ2) is 8.31. The predicted octanol–water partition coefficient (Wildman–Crippen LogP) is 5.78. The Labute approximate surface area is 184 Å². The third-order valence-corrected chi connectivity index (χ3v) is 7.17. The number of nitriles is 1. The summed E-state index contributed by atoms with van der Waals surface area (Å²) in [6.07, 6.45) is 1.17. The van der Waals surface area contributed by atoms with Crippen molar-refractivity contribution in [2.24, 2.45) is 0 Å². The number of fused-ring (bicyclic) bond motifs is 1. The molecule has 0 aromatic heterocycles. The van der Waals surface area contributed by atoms with Crippen molar-refractivity contribution in [3.63, 3.8) is 0 Å². The summed E-state index contributed by atoms with van der Waals surface area (Å²) in [6, 6.07) is 16.0. The lowest BCUT2D eigenvalue weighted by Gasteiger charge is -2.42. The molecular formula is C22H19Cl2N3OS. The van der Waals surface area contributed by atoms with Gasteiger partial charge in [-0.1, -0.05) is 60.1 Å². The minimum Gasteiger partial charge on any atom is -0.344 e. The second-order valence-electron chi connectivity index (χ2n) is 7.02. The summed E-state index contributed by atoms with van der Waals surface area (Å²) in [5.41, 5.74) is 3.56. The number of hydrogen-bond acceptors (Lipinski definition) is 4. The Bertz CT molecular complexity index is 1010. The van der Waals surface area contributed by atoms with Gasteiger partial charge in [-0.15, -0.1) is 0 Å². The SMILES string of the molecule is CCc1ccc(N2CSC3=C(C#N)C(c4c(Cl)cccc4Cl)CC(=O)N3C2)cc1. The molecule has 1 atom stereocenters. The van der Waals surface area contributed by atoms with Gasteiger partial charge in [0, 0.05) is 28.1 Å². The van der Waals surface area contributed by atoms with E-state index in [2.05, 4.69) is 42.2 Å². The van der Waals surface area contributed by atoms with E-state index in [1.165, 1.54) is 17.3 Å². The highest BCUT2D eigenvalue weighted by Gasteiger charge is 2.39. The summed E-state index contributed by atoms with van der Waals surface area (Å²) in [6.45, 7) is 2.56. The summed E-state index contributed by atoms with van der Waals surface area (Å²) in [5.74, 6) is 0.226. The van der Waals surface area contributed by atoms with Crippen LogP contribution in [0.4, 0.5) is 5.69 Å². The van der Waals surface area contributed by atoms with E-state index in [-0.39, 0.29) is 12.3 Å². The number of carbonyl (C=O) groups is 1. The zero-order valence-electron chi connectivity index (χ0n) is 15.9. The maximum Gasteiger partial charge on any atom is 0.229 e. The van der Waals surface area contributed by atoms with Gasteiger partial charge in [0.05, 0.1) is 29.2 Å². The molecule has 2 heterocycles. The van der Waals surface area contributed by atoms with Crippen LogP contribution in [-0.2, 0) is 11.2 Å². The van der Waals surface area contributed by atoms with Gasteiger partial charge in [0.1, 0.15) is 0 Å². The standard InChI is InChI=1S/C22H19Cl2N3OS/c1-2-14-6-8-15(9-7-14)26-12-27-20(28)10-16(17(11-25)22(27)29-13-26)21-18(23)4-3-5-19(21)24/h3-9,16H,2,10,12-13H2,1H3. The average Bonchev–Trinajstić information content (AvgIpc) is 2.74. The van der Waals surface area contributed by atoms with Gasteiger partial charge in [-0.05, 0) is 41.8 Å². The van der Waals surface area contributed by atoms with Crippen LogP contribution in [-0.4, -0.2) is 23.4 Å². The molecule has 4 rings (SSSR count). The number of rotatable bonds is 3. The third kappa shape index (κ3) is 3.73. The lowest BCUT2D eigenvalue weighted by atomic mass is 9.86. The van der Waals surface area contributed by atoms with Gasteiger partial charge in [-0.25, -0.2) is 0 Å². The second-order valence-corrected chi connectivity index (χ2v) is 8.77. The summed E-state index contributed by atoms with van der Waals surface area (Å²) in [5, 5.41) is 11.6. The van der Waals surface area contributed by atoms with E-state index in [0.717, 1.165) is 12.1 Å². The van der Waals surface area contributed by atoms with Crippen LogP contribution in [0.2, 0.25) is 10.0 Å². The minimum absolute atomic E-state index is 0.0256. The molecule has 7 heteroatoms. The molecule has 2 aliphatic heterocycles. The number of hydrogen-bond donors (Lipinski definition) is 0. The molecule has 0 N–H and O–H groups in total. The Morgan fingerprint density at radius 2 is 1.86 bits per heavy atom. The van der Waals surface area contributed by atoms with Crippen LogP contribution in [0.1, 0.15) is 30.4 Å². The first-order chi connectivity index (χ1) is 14.0. The van der Waals surface area contributed by atoms with Crippen molar-refractivity contribution in [3.8, 4) is 6.07 Å². The normalized spacial score (nSPS) is 19.2. The fourth-order valence-electron chi connectivity index (χ4n) is 3.76. The van der Waals surface area contributed by atoms with E-state index >= 15 is 0 Å². The first-order valence-corrected chi connectivity index (χ1v) is 11.1. The lowest BCUT2D eigenvalue weighted by molar-refractivity contribution is -0.129. The van der Waals surface area contributed by atoms with Crippen LogP contribution < -0.4 is 4.90 Å². The summed E-state index contributed by atoms with van der Waals surface area (Å²) >= 11 is 14.3. The molecule has 0 radical (unpaired) electrons. The number of halogens is 2. The van der Waals surface area contributed by atoms with Crippen LogP contribution >= 0.6 is 35.0 Å². The summed E-state index contributed by atoms with van der Waals surface area (Å²) in [7, 11) is 0. The molecule has 0 bridgehead atoms. The number of thioether (sulfide) groups is 1. The van der Waals surface area contributed by atoms with Crippen molar-refractivity contribution in [1.82, 2.24) is 4.90 Å². The van der Waals surface area contributed by atoms with Crippen molar-refractivity contribution < 1.29 is 4.79 Å².